The summed E-state index contributed by atoms with van der Waals surface area (Å²) in [5, 5.41) is 0.593. The van der Waals surface area contributed by atoms with Gasteiger partial charge in [-0.05, 0) is 37.9 Å². The topological polar surface area (TPSA) is 16.1 Å². The van der Waals surface area contributed by atoms with E-state index in [0.717, 1.165) is 12.1 Å². The van der Waals surface area contributed by atoms with Crippen molar-refractivity contribution in [2.75, 3.05) is 7.05 Å². The van der Waals surface area contributed by atoms with Gasteiger partial charge in [0.2, 0.25) is 0 Å². The van der Waals surface area contributed by atoms with Gasteiger partial charge in [0, 0.05) is 24.2 Å². The van der Waals surface area contributed by atoms with Crippen LogP contribution >= 0.6 is 11.6 Å². The fourth-order valence-corrected chi connectivity index (χ4v) is 3.34. The lowest BCUT2D eigenvalue weighted by molar-refractivity contribution is 0.307. The predicted molar refractivity (Wildman–Crippen MR) is 61.2 cm³/mol. The maximum absolute atomic E-state index is 5.80. The zero-order chi connectivity index (χ0) is 10.4. The van der Waals surface area contributed by atoms with Crippen LogP contribution in [0.15, 0.2) is 18.3 Å². The van der Waals surface area contributed by atoms with Crippen molar-refractivity contribution in [1.82, 2.24) is 9.88 Å². The molecule has 2 bridgehead atoms. The van der Waals surface area contributed by atoms with Gasteiger partial charge in [0.15, 0.2) is 0 Å². The summed E-state index contributed by atoms with van der Waals surface area (Å²) in [6.45, 7) is 0. The van der Waals surface area contributed by atoms with E-state index in [9.17, 15) is 0 Å². The lowest BCUT2D eigenvalue weighted by atomic mass is 9.85. The highest BCUT2D eigenvalue weighted by molar-refractivity contribution is 6.29. The lowest BCUT2D eigenvalue weighted by Gasteiger charge is -2.21. The van der Waals surface area contributed by atoms with E-state index in [-0.39, 0.29) is 0 Å². The summed E-state index contributed by atoms with van der Waals surface area (Å²) in [6, 6.07) is 5.57. The van der Waals surface area contributed by atoms with Gasteiger partial charge in [0.1, 0.15) is 5.15 Å². The number of rotatable bonds is 1. The highest BCUT2D eigenvalue weighted by Gasteiger charge is 2.44. The smallest absolute Gasteiger partial charge is 0.129 e. The molecule has 2 saturated heterocycles. The van der Waals surface area contributed by atoms with E-state index >= 15 is 0 Å². The lowest BCUT2D eigenvalue weighted by Crippen LogP contribution is -2.25. The molecule has 3 rings (SSSR count). The molecule has 80 valence electrons. The van der Waals surface area contributed by atoms with Gasteiger partial charge in [0.25, 0.3) is 0 Å². The van der Waals surface area contributed by atoms with Gasteiger partial charge in [0.05, 0.1) is 0 Å². The molecule has 0 amide bonds. The molecule has 0 N–H and O–H groups in total. The van der Waals surface area contributed by atoms with Gasteiger partial charge in [-0.3, -0.25) is 4.90 Å². The van der Waals surface area contributed by atoms with E-state index in [0.29, 0.717) is 11.1 Å². The van der Waals surface area contributed by atoms with Gasteiger partial charge in [-0.2, -0.15) is 0 Å². The van der Waals surface area contributed by atoms with Crippen LogP contribution in [0.4, 0.5) is 0 Å². The number of hydrogen-bond acceptors (Lipinski definition) is 2. The summed E-state index contributed by atoms with van der Waals surface area (Å²) < 4.78 is 0. The molecule has 1 aromatic rings. The molecule has 0 spiro atoms. The first-order chi connectivity index (χ1) is 7.25. The fraction of sp³-hybridized carbons (Fsp3) is 0.583. The Morgan fingerprint density at radius 2 is 2.27 bits per heavy atom. The first kappa shape index (κ1) is 9.61. The standard InChI is InChI=1S/C12H15ClN2/c1-15-9-3-4-11(15)10(6-9)8-2-5-12(13)14-7-8/h2,5,7,9-11H,3-4,6H2,1H3. The number of halogens is 1. The second-order valence-electron chi connectivity index (χ2n) is 4.72. The third-order valence-corrected chi connectivity index (χ3v) is 4.29. The molecule has 3 heteroatoms. The molecule has 3 atom stereocenters. The zero-order valence-corrected chi connectivity index (χ0v) is 9.61. The van der Waals surface area contributed by atoms with Crippen molar-refractivity contribution in [2.24, 2.45) is 0 Å². The Bertz CT molecular complexity index is 362. The van der Waals surface area contributed by atoms with Crippen molar-refractivity contribution in [3.63, 3.8) is 0 Å². The average molecular weight is 223 g/mol. The number of hydrogen-bond donors (Lipinski definition) is 0. The van der Waals surface area contributed by atoms with Crippen LogP contribution in [-0.2, 0) is 0 Å². The van der Waals surface area contributed by atoms with Crippen molar-refractivity contribution in [2.45, 2.75) is 37.3 Å². The first-order valence-corrected chi connectivity index (χ1v) is 5.97. The Balaban J connectivity index is 1.87. The summed E-state index contributed by atoms with van der Waals surface area (Å²) in [7, 11) is 2.26. The fourth-order valence-electron chi connectivity index (χ4n) is 3.23. The van der Waals surface area contributed by atoms with Crippen molar-refractivity contribution in [3.05, 3.63) is 29.0 Å². The summed E-state index contributed by atoms with van der Waals surface area (Å²) in [6.07, 6.45) is 5.96. The Morgan fingerprint density at radius 1 is 1.40 bits per heavy atom. The molecule has 15 heavy (non-hydrogen) atoms. The van der Waals surface area contributed by atoms with Crippen LogP contribution in [0.1, 0.15) is 30.7 Å². The summed E-state index contributed by atoms with van der Waals surface area (Å²) >= 11 is 5.80. The Hall–Kier alpha value is -0.600. The number of likely N-dealkylation sites (N-methyl/N-ethyl adjacent to an activating group) is 1. The van der Waals surface area contributed by atoms with Crippen LogP contribution in [0, 0.1) is 0 Å². The van der Waals surface area contributed by atoms with E-state index in [1.807, 2.05) is 12.3 Å². The van der Waals surface area contributed by atoms with Crippen LogP contribution in [0.5, 0.6) is 0 Å². The van der Waals surface area contributed by atoms with Crippen molar-refractivity contribution in [1.29, 1.82) is 0 Å². The van der Waals surface area contributed by atoms with Crippen molar-refractivity contribution < 1.29 is 0 Å². The molecule has 2 fully saturated rings. The summed E-state index contributed by atoms with van der Waals surface area (Å²) in [4.78, 5) is 6.72. The molecular weight excluding hydrogens is 208 g/mol. The molecule has 0 aliphatic carbocycles. The van der Waals surface area contributed by atoms with E-state index in [1.54, 1.807) is 0 Å². The molecular formula is C12H15ClN2. The predicted octanol–water partition coefficient (Wildman–Crippen LogP) is 2.69. The summed E-state index contributed by atoms with van der Waals surface area (Å²) in [5.74, 6) is 0.679. The van der Waals surface area contributed by atoms with Crippen molar-refractivity contribution in [3.8, 4) is 0 Å². The van der Waals surface area contributed by atoms with Crippen LogP contribution < -0.4 is 0 Å². The SMILES string of the molecule is CN1C2CCC1C(c1ccc(Cl)nc1)C2. The largest absolute Gasteiger partial charge is 0.300 e. The monoisotopic (exact) mass is 222 g/mol. The normalized spacial score (nSPS) is 34.9. The number of pyridine rings is 1. The third kappa shape index (κ3) is 1.47. The molecule has 3 unspecified atom stereocenters. The number of fused-ring (bicyclic) bond motifs is 2. The van der Waals surface area contributed by atoms with Crippen LogP contribution in [-0.4, -0.2) is 29.0 Å². The van der Waals surface area contributed by atoms with Crippen LogP contribution in [0.2, 0.25) is 5.15 Å². The van der Waals surface area contributed by atoms with Gasteiger partial charge in [-0.1, -0.05) is 17.7 Å². The van der Waals surface area contributed by atoms with Crippen molar-refractivity contribution >= 4 is 11.6 Å². The quantitative estimate of drug-likeness (QED) is 0.680. The van der Waals surface area contributed by atoms with E-state index in [2.05, 4.69) is 23.0 Å². The molecule has 0 radical (unpaired) electrons. The van der Waals surface area contributed by atoms with Crippen LogP contribution in [0.25, 0.3) is 0 Å². The molecule has 2 aliphatic rings. The minimum absolute atomic E-state index is 0.593. The molecule has 3 heterocycles. The third-order valence-electron chi connectivity index (χ3n) is 4.06. The first-order valence-electron chi connectivity index (χ1n) is 5.59. The van der Waals surface area contributed by atoms with Crippen LogP contribution in [0.3, 0.4) is 0 Å². The molecule has 2 nitrogen and oxygen atoms in total. The number of nitrogens with zero attached hydrogens (tertiary/aromatic N) is 2. The average Bonchev–Trinajstić information content (AvgIpc) is 2.75. The Labute approximate surface area is 95.3 Å². The maximum atomic E-state index is 5.80. The number of aromatic nitrogens is 1. The maximum Gasteiger partial charge on any atom is 0.129 e. The second kappa shape index (κ2) is 3.46. The van der Waals surface area contributed by atoms with Gasteiger partial charge in [-0.25, -0.2) is 4.98 Å². The Kier molecular flexibility index (Phi) is 2.22. The summed E-state index contributed by atoms with van der Waals surface area (Å²) in [5.41, 5.74) is 1.36. The van der Waals surface area contributed by atoms with Gasteiger partial charge < -0.3 is 0 Å². The molecule has 1 aromatic heterocycles. The molecule has 2 aliphatic heterocycles. The van der Waals surface area contributed by atoms with E-state index < -0.39 is 0 Å². The zero-order valence-electron chi connectivity index (χ0n) is 8.86. The molecule has 0 aromatic carbocycles. The minimum atomic E-state index is 0.593. The Morgan fingerprint density at radius 3 is 2.80 bits per heavy atom. The molecule has 0 saturated carbocycles. The van der Waals surface area contributed by atoms with E-state index in [4.69, 9.17) is 11.6 Å². The highest BCUT2D eigenvalue weighted by Crippen LogP contribution is 2.45. The second-order valence-corrected chi connectivity index (χ2v) is 5.11. The minimum Gasteiger partial charge on any atom is -0.300 e. The van der Waals surface area contributed by atoms with E-state index in [1.165, 1.54) is 24.8 Å². The van der Waals surface area contributed by atoms with Gasteiger partial charge in [-0.15, -0.1) is 0 Å². The van der Waals surface area contributed by atoms with Gasteiger partial charge >= 0.3 is 0 Å². The highest BCUT2D eigenvalue weighted by atomic mass is 35.5.